The minimum atomic E-state index is -3.57. The molecular weight excluding hydrogens is 270 g/mol. The molecule has 0 amide bonds. The van der Waals surface area contributed by atoms with Crippen LogP contribution in [0.4, 0.5) is 5.82 Å². The van der Waals surface area contributed by atoms with Crippen LogP contribution in [0.15, 0.2) is 34.7 Å². The van der Waals surface area contributed by atoms with Gasteiger partial charge in [0.2, 0.25) is 0 Å². The largest absolute Gasteiger partial charge is 0.326 e. The first-order valence-electron chi connectivity index (χ1n) is 5.26. The van der Waals surface area contributed by atoms with Crippen molar-refractivity contribution in [3.05, 3.63) is 40.9 Å². The van der Waals surface area contributed by atoms with Crippen molar-refractivity contribution in [3.63, 3.8) is 0 Å². The van der Waals surface area contributed by atoms with Crippen LogP contribution < -0.4 is 10.5 Å². The molecule has 96 valence electrons. The van der Waals surface area contributed by atoms with Gasteiger partial charge in [0, 0.05) is 17.6 Å². The van der Waals surface area contributed by atoms with Gasteiger partial charge in [-0.05, 0) is 30.7 Å². The quantitative estimate of drug-likeness (QED) is 0.894. The first kappa shape index (κ1) is 13.0. The van der Waals surface area contributed by atoms with Gasteiger partial charge < -0.3 is 5.73 Å². The molecule has 0 saturated heterocycles. The highest BCUT2D eigenvalue weighted by atomic mass is 32.2. The van der Waals surface area contributed by atoms with E-state index in [1.165, 1.54) is 0 Å². The number of nitrogens with one attached hydrogen (secondary N) is 1. The Labute approximate surface area is 110 Å². The number of nitrogens with two attached hydrogens (primary N) is 1. The van der Waals surface area contributed by atoms with E-state index in [0.717, 1.165) is 21.8 Å². The standard InChI is InChI=1S/C11H13N3O2S2/c1-8-3-2-6-13-11(8)14-18(15,16)10-5-4-9(7-12)17-10/h2-6H,7,12H2,1H3,(H,13,14). The van der Waals surface area contributed by atoms with E-state index in [1.807, 2.05) is 0 Å². The van der Waals surface area contributed by atoms with Gasteiger partial charge in [-0.2, -0.15) is 0 Å². The number of hydrogen-bond acceptors (Lipinski definition) is 5. The van der Waals surface area contributed by atoms with E-state index in [-0.39, 0.29) is 4.21 Å². The molecule has 0 aliphatic heterocycles. The molecule has 18 heavy (non-hydrogen) atoms. The van der Waals surface area contributed by atoms with Crippen LogP contribution in [0.2, 0.25) is 0 Å². The van der Waals surface area contributed by atoms with Crippen molar-refractivity contribution in [3.8, 4) is 0 Å². The highest BCUT2D eigenvalue weighted by Gasteiger charge is 2.18. The Morgan fingerprint density at radius 2 is 2.17 bits per heavy atom. The Kier molecular flexibility index (Phi) is 3.65. The fourth-order valence-corrected chi connectivity index (χ4v) is 3.70. The van der Waals surface area contributed by atoms with Gasteiger partial charge in [-0.15, -0.1) is 11.3 Å². The third kappa shape index (κ3) is 2.69. The summed E-state index contributed by atoms with van der Waals surface area (Å²) in [5.74, 6) is 0.347. The molecule has 0 fully saturated rings. The molecule has 7 heteroatoms. The molecule has 0 aromatic carbocycles. The second kappa shape index (κ2) is 5.05. The average Bonchev–Trinajstić information content (AvgIpc) is 2.81. The zero-order chi connectivity index (χ0) is 13.2. The topological polar surface area (TPSA) is 85.1 Å². The van der Waals surface area contributed by atoms with Crippen molar-refractivity contribution >= 4 is 27.2 Å². The van der Waals surface area contributed by atoms with Crippen molar-refractivity contribution in [1.29, 1.82) is 0 Å². The highest BCUT2D eigenvalue weighted by molar-refractivity contribution is 7.94. The number of sulfonamides is 1. The molecule has 5 nitrogen and oxygen atoms in total. The molecule has 2 aromatic heterocycles. The van der Waals surface area contributed by atoms with E-state index >= 15 is 0 Å². The lowest BCUT2D eigenvalue weighted by Gasteiger charge is -2.07. The Balaban J connectivity index is 2.30. The highest BCUT2D eigenvalue weighted by Crippen LogP contribution is 2.23. The molecule has 0 spiro atoms. The van der Waals surface area contributed by atoms with Crippen molar-refractivity contribution < 1.29 is 8.42 Å². The molecule has 2 heterocycles. The molecule has 0 unspecified atom stereocenters. The van der Waals surface area contributed by atoms with E-state index in [1.54, 1.807) is 37.4 Å². The van der Waals surface area contributed by atoms with E-state index < -0.39 is 10.0 Å². The Hall–Kier alpha value is -1.44. The summed E-state index contributed by atoms with van der Waals surface area (Å²) < 4.78 is 26.9. The van der Waals surface area contributed by atoms with Gasteiger partial charge in [0.05, 0.1) is 0 Å². The summed E-state index contributed by atoms with van der Waals surface area (Å²) in [6, 6.07) is 6.81. The lowest BCUT2D eigenvalue weighted by molar-refractivity contribution is 0.603. The summed E-state index contributed by atoms with van der Waals surface area (Å²) in [6.45, 7) is 2.13. The first-order valence-corrected chi connectivity index (χ1v) is 7.56. The fourth-order valence-electron chi connectivity index (χ4n) is 1.38. The van der Waals surface area contributed by atoms with Crippen LogP contribution in [0.25, 0.3) is 0 Å². The molecule has 0 aliphatic carbocycles. The number of pyridine rings is 1. The van der Waals surface area contributed by atoms with Crippen LogP contribution >= 0.6 is 11.3 Å². The van der Waals surface area contributed by atoms with Crippen LogP contribution in [-0.4, -0.2) is 13.4 Å². The fraction of sp³-hybridized carbons (Fsp3) is 0.182. The second-order valence-electron chi connectivity index (χ2n) is 3.70. The molecule has 0 aliphatic rings. The maximum Gasteiger partial charge on any atom is 0.272 e. The number of nitrogens with zero attached hydrogens (tertiary/aromatic N) is 1. The molecule has 0 saturated carbocycles. The lowest BCUT2D eigenvalue weighted by atomic mass is 10.3. The molecule has 0 bridgehead atoms. The molecule has 2 aromatic rings. The normalized spacial score (nSPS) is 11.4. The minimum absolute atomic E-state index is 0.244. The summed E-state index contributed by atoms with van der Waals surface area (Å²) >= 11 is 1.16. The number of thiophene rings is 1. The van der Waals surface area contributed by atoms with E-state index in [4.69, 9.17) is 5.73 Å². The van der Waals surface area contributed by atoms with E-state index in [0.29, 0.717) is 12.4 Å². The summed E-state index contributed by atoms with van der Waals surface area (Å²) in [4.78, 5) is 4.83. The predicted octanol–water partition coefficient (Wildman–Crippen LogP) is 1.71. The van der Waals surface area contributed by atoms with Gasteiger partial charge in [-0.1, -0.05) is 6.07 Å². The average molecular weight is 283 g/mol. The Bertz CT molecular complexity index is 650. The van der Waals surface area contributed by atoms with Crippen LogP contribution in [0.1, 0.15) is 10.4 Å². The minimum Gasteiger partial charge on any atom is -0.326 e. The van der Waals surface area contributed by atoms with E-state index in [9.17, 15) is 8.42 Å². The Morgan fingerprint density at radius 1 is 1.39 bits per heavy atom. The third-order valence-electron chi connectivity index (χ3n) is 2.34. The smallest absolute Gasteiger partial charge is 0.272 e. The van der Waals surface area contributed by atoms with Crippen LogP contribution in [-0.2, 0) is 16.6 Å². The van der Waals surface area contributed by atoms with Crippen molar-refractivity contribution in [1.82, 2.24) is 4.98 Å². The van der Waals surface area contributed by atoms with Crippen LogP contribution in [0.3, 0.4) is 0 Å². The number of anilines is 1. The van der Waals surface area contributed by atoms with Gasteiger partial charge in [-0.25, -0.2) is 13.4 Å². The number of aromatic nitrogens is 1. The third-order valence-corrected chi connectivity index (χ3v) is 5.28. The zero-order valence-electron chi connectivity index (χ0n) is 9.75. The first-order chi connectivity index (χ1) is 8.53. The SMILES string of the molecule is Cc1cccnc1NS(=O)(=O)c1ccc(CN)s1. The van der Waals surface area contributed by atoms with Crippen LogP contribution in [0.5, 0.6) is 0 Å². The summed E-state index contributed by atoms with van der Waals surface area (Å²) in [5, 5.41) is 0. The van der Waals surface area contributed by atoms with Crippen LogP contribution in [0, 0.1) is 6.92 Å². The lowest BCUT2D eigenvalue weighted by Crippen LogP contribution is -2.13. The van der Waals surface area contributed by atoms with Gasteiger partial charge in [-0.3, -0.25) is 4.72 Å². The zero-order valence-corrected chi connectivity index (χ0v) is 11.4. The summed E-state index contributed by atoms with van der Waals surface area (Å²) in [5.41, 5.74) is 6.24. The maximum atomic E-state index is 12.1. The molecule has 2 rings (SSSR count). The number of hydrogen-bond donors (Lipinski definition) is 2. The molecular formula is C11H13N3O2S2. The van der Waals surface area contributed by atoms with Gasteiger partial charge in [0.1, 0.15) is 10.0 Å². The van der Waals surface area contributed by atoms with E-state index in [2.05, 4.69) is 9.71 Å². The molecule has 0 atom stereocenters. The summed E-state index contributed by atoms with van der Waals surface area (Å²) in [7, 11) is -3.57. The number of aryl methyl sites for hydroxylation is 1. The number of rotatable bonds is 4. The summed E-state index contributed by atoms with van der Waals surface area (Å²) in [6.07, 6.45) is 1.55. The van der Waals surface area contributed by atoms with Gasteiger partial charge in [0.25, 0.3) is 10.0 Å². The predicted molar refractivity (Wildman–Crippen MR) is 72.0 cm³/mol. The molecule has 3 N–H and O–H groups in total. The van der Waals surface area contributed by atoms with Crippen molar-refractivity contribution in [2.75, 3.05) is 4.72 Å². The van der Waals surface area contributed by atoms with Gasteiger partial charge >= 0.3 is 0 Å². The maximum absolute atomic E-state index is 12.1. The Morgan fingerprint density at radius 3 is 2.78 bits per heavy atom. The monoisotopic (exact) mass is 283 g/mol. The molecule has 0 radical (unpaired) electrons. The van der Waals surface area contributed by atoms with Gasteiger partial charge in [0.15, 0.2) is 0 Å². The second-order valence-corrected chi connectivity index (χ2v) is 6.78. The van der Waals surface area contributed by atoms with Crippen molar-refractivity contribution in [2.24, 2.45) is 5.73 Å². The van der Waals surface area contributed by atoms with Crippen molar-refractivity contribution in [2.45, 2.75) is 17.7 Å².